The first-order chi connectivity index (χ1) is 10.1. The zero-order valence-electron chi connectivity index (χ0n) is 11.5. The lowest BCUT2D eigenvalue weighted by molar-refractivity contribution is -0.385. The number of nitrogens with zero attached hydrogens (tertiary/aromatic N) is 3. The normalized spacial score (nSPS) is 16.0. The third kappa shape index (κ3) is 4.50. The molecule has 0 aromatic heterocycles. The molecule has 8 heteroatoms. The third-order valence-corrected chi connectivity index (χ3v) is 4.41. The van der Waals surface area contributed by atoms with Gasteiger partial charge >= 0.3 is 0 Å². The molecular formula is C13H17ClN4O2S. The molecule has 0 atom stereocenters. The Labute approximate surface area is 132 Å². The molecule has 0 radical (unpaired) electrons. The van der Waals surface area contributed by atoms with Gasteiger partial charge in [0.05, 0.1) is 4.92 Å². The summed E-state index contributed by atoms with van der Waals surface area (Å²) >= 11 is 7.69. The number of aliphatic imine (C=N–C) groups is 1. The molecule has 6 nitrogen and oxygen atoms in total. The Morgan fingerprint density at radius 2 is 2.19 bits per heavy atom. The Balaban J connectivity index is 1.98. The molecule has 0 aliphatic carbocycles. The summed E-state index contributed by atoms with van der Waals surface area (Å²) in [5.74, 6) is 2.63. The molecule has 2 N–H and O–H groups in total. The molecule has 0 amide bonds. The van der Waals surface area contributed by atoms with E-state index in [1.807, 2.05) is 16.7 Å². The van der Waals surface area contributed by atoms with Crippen molar-refractivity contribution in [1.82, 2.24) is 4.90 Å². The summed E-state index contributed by atoms with van der Waals surface area (Å²) in [7, 11) is 0. The standard InChI is InChI=1S/C13H17ClN4O2S/c14-11-2-1-10(12(9-11)18(19)20)3-4-16-13(15)17-5-7-21-8-6-17/h1-2,9H,3-8H2,(H2,15,16). The molecular weight excluding hydrogens is 312 g/mol. The van der Waals surface area contributed by atoms with Crippen molar-refractivity contribution in [2.45, 2.75) is 6.42 Å². The van der Waals surface area contributed by atoms with Gasteiger partial charge in [-0.25, -0.2) is 0 Å². The van der Waals surface area contributed by atoms with Gasteiger partial charge in [0, 0.05) is 47.8 Å². The van der Waals surface area contributed by atoms with Crippen LogP contribution in [0.4, 0.5) is 5.69 Å². The van der Waals surface area contributed by atoms with Gasteiger partial charge in [0.2, 0.25) is 0 Å². The first-order valence-electron chi connectivity index (χ1n) is 6.63. The average Bonchev–Trinajstić information content (AvgIpc) is 2.49. The molecule has 1 saturated heterocycles. The molecule has 1 aromatic carbocycles. The van der Waals surface area contributed by atoms with Gasteiger partial charge < -0.3 is 10.6 Å². The van der Waals surface area contributed by atoms with Crippen LogP contribution in [-0.2, 0) is 6.42 Å². The van der Waals surface area contributed by atoms with E-state index in [1.165, 1.54) is 6.07 Å². The molecule has 0 spiro atoms. The van der Waals surface area contributed by atoms with Crippen molar-refractivity contribution < 1.29 is 4.92 Å². The fraction of sp³-hybridized carbons (Fsp3) is 0.462. The second kappa shape index (κ2) is 7.51. The molecule has 21 heavy (non-hydrogen) atoms. The van der Waals surface area contributed by atoms with Crippen molar-refractivity contribution in [3.05, 3.63) is 38.9 Å². The number of hydrogen-bond donors (Lipinski definition) is 1. The van der Waals surface area contributed by atoms with Crippen LogP contribution in [0.3, 0.4) is 0 Å². The summed E-state index contributed by atoms with van der Waals surface area (Å²) in [6, 6.07) is 4.69. The fourth-order valence-electron chi connectivity index (χ4n) is 2.10. The first kappa shape index (κ1) is 15.9. The van der Waals surface area contributed by atoms with E-state index in [2.05, 4.69) is 4.99 Å². The van der Waals surface area contributed by atoms with Crippen LogP contribution in [0.15, 0.2) is 23.2 Å². The summed E-state index contributed by atoms with van der Waals surface area (Å²) in [4.78, 5) is 16.9. The van der Waals surface area contributed by atoms with E-state index in [0.29, 0.717) is 29.5 Å². The van der Waals surface area contributed by atoms with E-state index in [-0.39, 0.29) is 5.69 Å². The number of thioether (sulfide) groups is 1. The number of nitrogens with two attached hydrogens (primary N) is 1. The van der Waals surface area contributed by atoms with E-state index in [4.69, 9.17) is 17.3 Å². The number of benzene rings is 1. The topological polar surface area (TPSA) is 84.8 Å². The van der Waals surface area contributed by atoms with Crippen molar-refractivity contribution in [1.29, 1.82) is 0 Å². The zero-order valence-corrected chi connectivity index (χ0v) is 13.1. The minimum absolute atomic E-state index is 0.0330. The molecule has 0 saturated carbocycles. The van der Waals surface area contributed by atoms with Gasteiger partial charge in [-0.2, -0.15) is 11.8 Å². The highest BCUT2D eigenvalue weighted by Crippen LogP contribution is 2.23. The van der Waals surface area contributed by atoms with Crippen molar-refractivity contribution in [3.8, 4) is 0 Å². The van der Waals surface area contributed by atoms with Gasteiger partial charge in [0.1, 0.15) is 0 Å². The Hall–Kier alpha value is -1.47. The lowest BCUT2D eigenvalue weighted by Crippen LogP contribution is -2.42. The van der Waals surface area contributed by atoms with Gasteiger partial charge in [-0.1, -0.05) is 17.7 Å². The van der Waals surface area contributed by atoms with Crippen molar-refractivity contribution in [2.75, 3.05) is 31.1 Å². The van der Waals surface area contributed by atoms with Crippen LogP contribution in [0.25, 0.3) is 0 Å². The summed E-state index contributed by atoms with van der Waals surface area (Å²) in [6.45, 7) is 2.24. The molecule has 114 valence electrons. The quantitative estimate of drug-likeness (QED) is 0.396. The summed E-state index contributed by atoms with van der Waals surface area (Å²) in [5, 5.41) is 11.4. The lowest BCUT2D eigenvalue weighted by Gasteiger charge is -2.27. The van der Waals surface area contributed by atoms with E-state index >= 15 is 0 Å². The second-order valence-electron chi connectivity index (χ2n) is 4.62. The number of guanidine groups is 1. The van der Waals surface area contributed by atoms with Gasteiger partial charge in [-0.15, -0.1) is 0 Å². The Morgan fingerprint density at radius 1 is 1.48 bits per heavy atom. The van der Waals surface area contributed by atoms with Gasteiger partial charge in [0.25, 0.3) is 5.69 Å². The summed E-state index contributed by atoms with van der Waals surface area (Å²) in [5.41, 5.74) is 6.60. The summed E-state index contributed by atoms with van der Waals surface area (Å²) < 4.78 is 0. The van der Waals surface area contributed by atoms with Crippen molar-refractivity contribution in [2.24, 2.45) is 10.7 Å². The summed E-state index contributed by atoms with van der Waals surface area (Å²) in [6.07, 6.45) is 0.469. The molecule has 1 aliphatic heterocycles. The van der Waals surface area contributed by atoms with E-state index < -0.39 is 4.92 Å². The van der Waals surface area contributed by atoms with Crippen LogP contribution in [0.1, 0.15) is 5.56 Å². The van der Waals surface area contributed by atoms with E-state index in [0.717, 1.165) is 24.6 Å². The highest BCUT2D eigenvalue weighted by atomic mass is 35.5. The highest BCUT2D eigenvalue weighted by Gasteiger charge is 2.15. The van der Waals surface area contributed by atoms with Crippen molar-refractivity contribution in [3.63, 3.8) is 0 Å². The molecule has 0 bridgehead atoms. The van der Waals surface area contributed by atoms with Crippen LogP contribution in [-0.4, -0.2) is 46.9 Å². The predicted octanol–water partition coefficient (Wildman–Crippen LogP) is 2.15. The van der Waals surface area contributed by atoms with Crippen LogP contribution >= 0.6 is 23.4 Å². The maximum absolute atomic E-state index is 11.0. The number of halogens is 1. The molecule has 2 rings (SSSR count). The second-order valence-corrected chi connectivity index (χ2v) is 6.28. The SMILES string of the molecule is NC(=NCCc1ccc(Cl)cc1[N+](=O)[O-])N1CCSCC1. The maximum Gasteiger partial charge on any atom is 0.274 e. The van der Waals surface area contributed by atoms with Crippen LogP contribution in [0.2, 0.25) is 5.02 Å². The van der Waals surface area contributed by atoms with Gasteiger partial charge in [0.15, 0.2) is 5.96 Å². The Kier molecular flexibility index (Phi) is 5.69. The van der Waals surface area contributed by atoms with Gasteiger partial charge in [-0.05, 0) is 12.5 Å². The van der Waals surface area contributed by atoms with Crippen LogP contribution in [0.5, 0.6) is 0 Å². The molecule has 1 heterocycles. The average molecular weight is 329 g/mol. The molecule has 0 unspecified atom stereocenters. The third-order valence-electron chi connectivity index (χ3n) is 3.23. The molecule has 1 aromatic rings. The largest absolute Gasteiger partial charge is 0.370 e. The molecule has 1 aliphatic rings. The van der Waals surface area contributed by atoms with E-state index in [9.17, 15) is 10.1 Å². The maximum atomic E-state index is 11.0. The number of nitro benzene ring substituents is 1. The first-order valence-corrected chi connectivity index (χ1v) is 8.16. The number of rotatable bonds is 4. The smallest absolute Gasteiger partial charge is 0.274 e. The Morgan fingerprint density at radius 3 is 2.86 bits per heavy atom. The number of hydrogen-bond acceptors (Lipinski definition) is 4. The fourth-order valence-corrected chi connectivity index (χ4v) is 3.17. The van der Waals surface area contributed by atoms with Gasteiger partial charge in [-0.3, -0.25) is 15.1 Å². The predicted molar refractivity (Wildman–Crippen MR) is 87.2 cm³/mol. The minimum atomic E-state index is -0.420. The lowest BCUT2D eigenvalue weighted by atomic mass is 10.1. The highest BCUT2D eigenvalue weighted by molar-refractivity contribution is 7.99. The van der Waals surface area contributed by atoms with E-state index in [1.54, 1.807) is 12.1 Å². The minimum Gasteiger partial charge on any atom is -0.370 e. The zero-order chi connectivity index (χ0) is 15.2. The monoisotopic (exact) mass is 328 g/mol. The Bertz CT molecular complexity index is 547. The molecule has 1 fully saturated rings. The van der Waals surface area contributed by atoms with Crippen molar-refractivity contribution >= 4 is 35.0 Å². The van der Waals surface area contributed by atoms with Crippen LogP contribution in [0, 0.1) is 10.1 Å². The number of nitro groups is 1. The van der Waals surface area contributed by atoms with Crippen LogP contribution < -0.4 is 5.73 Å².